The van der Waals surface area contributed by atoms with Gasteiger partial charge in [0.1, 0.15) is 5.82 Å². The highest BCUT2D eigenvalue weighted by Crippen LogP contribution is 2.38. The monoisotopic (exact) mass is 311 g/mol. The molecular weight excluding hydrogens is 285 g/mol. The summed E-state index contributed by atoms with van der Waals surface area (Å²) in [4.78, 5) is 6.00. The zero-order valence-corrected chi connectivity index (χ0v) is 14.6. The summed E-state index contributed by atoms with van der Waals surface area (Å²) in [5, 5.41) is 0.105. The van der Waals surface area contributed by atoms with E-state index in [1.807, 2.05) is 11.0 Å². The Kier molecular flexibility index (Phi) is 4.05. The first-order valence-electron chi connectivity index (χ1n) is 7.32. The van der Waals surface area contributed by atoms with Gasteiger partial charge in [-0.3, -0.25) is 0 Å². The molecule has 1 aliphatic heterocycles. The Morgan fingerprint density at radius 1 is 1.38 bits per heavy atom. The van der Waals surface area contributed by atoms with Crippen LogP contribution in [0.5, 0.6) is 0 Å². The Labute approximate surface area is 127 Å². The maximum Gasteiger partial charge on any atom is 0.192 e. The van der Waals surface area contributed by atoms with Crippen molar-refractivity contribution < 1.29 is 8.82 Å². The Bertz CT molecular complexity index is 493. The molecule has 2 N–H and O–H groups in total. The van der Waals surface area contributed by atoms with Gasteiger partial charge in [-0.05, 0) is 30.3 Å². The van der Waals surface area contributed by atoms with E-state index in [1.165, 1.54) is 0 Å². The van der Waals surface area contributed by atoms with E-state index in [-0.39, 0.29) is 11.6 Å². The molecule has 0 atom stereocenters. The van der Waals surface area contributed by atoms with Gasteiger partial charge in [-0.25, -0.2) is 9.37 Å². The molecule has 0 aliphatic carbocycles. The van der Waals surface area contributed by atoms with Crippen molar-refractivity contribution in [3.63, 3.8) is 0 Å². The molecule has 6 heteroatoms. The largest absolute Gasteiger partial charge is 0.413 e. The van der Waals surface area contributed by atoms with Crippen LogP contribution in [0.1, 0.15) is 20.8 Å². The zero-order valence-electron chi connectivity index (χ0n) is 13.6. The molecule has 0 aromatic carbocycles. The standard InChI is InChI=1S/C15H26FN3OSi/c1-14(2,3)21(4,5)20-11-15(16)9-19(10-15)12-6-7-13(17)18-8-12/h6-8H,9-11H2,1-5H3,(H2,17,18). The third-order valence-electron chi connectivity index (χ3n) is 4.58. The second-order valence-corrected chi connectivity index (χ2v) is 12.3. The predicted octanol–water partition coefficient (Wildman–Crippen LogP) is 3.21. The molecule has 2 heterocycles. The topological polar surface area (TPSA) is 51.4 Å². The van der Waals surface area contributed by atoms with Gasteiger partial charge < -0.3 is 15.1 Å². The van der Waals surface area contributed by atoms with Crippen molar-refractivity contribution in [2.24, 2.45) is 0 Å². The fourth-order valence-electron chi connectivity index (χ4n) is 2.02. The minimum atomic E-state index is -1.89. The highest BCUT2D eigenvalue weighted by atomic mass is 28.4. The molecule has 21 heavy (non-hydrogen) atoms. The number of rotatable bonds is 4. The molecule has 0 amide bonds. The van der Waals surface area contributed by atoms with E-state index >= 15 is 0 Å². The van der Waals surface area contributed by atoms with Crippen molar-refractivity contribution in [3.8, 4) is 0 Å². The number of anilines is 2. The fraction of sp³-hybridized carbons (Fsp3) is 0.667. The molecule has 1 aromatic rings. The maximum atomic E-state index is 14.7. The van der Waals surface area contributed by atoms with Crippen LogP contribution in [-0.2, 0) is 4.43 Å². The number of aromatic nitrogens is 1. The normalized spacial score (nSPS) is 18.5. The van der Waals surface area contributed by atoms with Crippen LogP contribution in [0, 0.1) is 0 Å². The summed E-state index contributed by atoms with van der Waals surface area (Å²) in [7, 11) is -1.89. The van der Waals surface area contributed by atoms with Crippen LogP contribution in [0.3, 0.4) is 0 Å². The number of pyridine rings is 1. The first kappa shape index (κ1) is 16.2. The van der Waals surface area contributed by atoms with Gasteiger partial charge in [0.15, 0.2) is 14.0 Å². The average Bonchev–Trinajstić information content (AvgIpc) is 2.33. The number of nitrogen functional groups attached to an aromatic ring is 1. The third kappa shape index (κ3) is 3.55. The van der Waals surface area contributed by atoms with Crippen molar-refractivity contribution in [2.45, 2.75) is 44.6 Å². The highest BCUT2D eigenvalue weighted by Gasteiger charge is 2.47. The molecule has 0 bridgehead atoms. The second-order valence-electron chi connectivity index (χ2n) is 7.50. The smallest absolute Gasteiger partial charge is 0.192 e. The minimum absolute atomic E-state index is 0.105. The number of hydrogen-bond donors (Lipinski definition) is 1. The summed E-state index contributed by atoms with van der Waals surface area (Å²) < 4.78 is 20.7. The molecule has 2 rings (SSSR count). The van der Waals surface area contributed by atoms with E-state index in [2.05, 4.69) is 38.8 Å². The number of nitrogens with zero attached hydrogens (tertiary/aromatic N) is 2. The van der Waals surface area contributed by atoms with E-state index in [0.29, 0.717) is 18.9 Å². The molecule has 1 saturated heterocycles. The first-order chi connectivity index (χ1) is 9.52. The highest BCUT2D eigenvalue weighted by molar-refractivity contribution is 6.74. The van der Waals surface area contributed by atoms with Crippen LogP contribution in [0.25, 0.3) is 0 Å². The van der Waals surface area contributed by atoms with Crippen molar-refractivity contribution in [1.29, 1.82) is 0 Å². The van der Waals surface area contributed by atoms with Crippen molar-refractivity contribution in [3.05, 3.63) is 18.3 Å². The Morgan fingerprint density at radius 3 is 2.48 bits per heavy atom. The summed E-state index contributed by atoms with van der Waals surface area (Å²) in [5.41, 5.74) is 5.21. The Hall–Kier alpha value is -1.14. The van der Waals surface area contributed by atoms with Crippen LogP contribution >= 0.6 is 0 Å². The quantitative estimate of drug-likeness (QED) is 0.868. The zero-order chi connectivity index (χ0) is 15.9. The van der Waals surface area contributed by atoms with Gasteiger partial charge >= 0.3 is 0 Å². The van der Waals surface area contributed by atoms with Crippen molar-refractivity contribution >= 4 is 19.8 Å². The van der Waals surface area contributed by atoms with Crippen molar-refractivity contribution in [2.75, 3.05) is 30.3 Å². The molecule has 1 fully saturated rings. The molecule has 0 radical (unpaired) electrons. The van der Waals surface area contributed by atoms with Gasteiger partial charge in [0.25, 0.3) is 0 Å². The van der Waals surface area contributed by atoms with Gasteiger partial charge in [0.2, 0.25) is 0 Å². The summed E-state index contributed by atoms with van der Waals surface area (Å²) in [6.45, 7) is 11.7. The van der Waals surface area contributed by atoms with Crippen LogP contribution in [0.2, 0.25) is 18.1 Å². The van der Waals surface area contributed by atoms with E-state index in [4.69, 9.17) is 10.2 Å². The molecular formula is C15H26FN3OSi. The van der Waals surface area contributed by atoms with Crippen LogP contribution in [0.4, 0.5) is 15.9 Å². The lowest BCUT2D eigenvalue weighted by Gasteiger charge is -2.47. The van der Waals surface area contributed by atoms with Gasteiger partial charge in [-0.2, -0.15) is 0 Å². The van der Waals surface area contributed by atoms with E-state index in [0.717, 1.165) is 5.69 Å². The van der Waals surface area contributed by atoms with Gasteiger partial charge in [0, 0.05) is 0 Å². The third-order valence-corrected chi connectivity index (χ3v) is 9.06. The average molecular weight is 311 g/mol. The number of halogens is 1. The maximum absolute atomic E-state index is 14.7. The summed E-state index contributed by atoms with van der Waals surface area (Å²) >= 11 is 0. The lowest BCUT2D eigenvalue weighted by atomic mass is 9.97. The van der Waals surface area contributed by atoms with Crippen molar-refractivity contribution in [1.82, 2.24) is 4.98 Å². The summed E-state index contributed by atoms with van der Waals surface area (Å²) in [6.07, 6.45) is 1.68. The SMILES string of the molecule is CC(C)(C)[Si](C)(C)OCC1(F)CN(c2ccc(N)nc2)C1. The molecule has 1 aromatic heterocycles. The van der Waals surface area contributed by atoms with Crippen LogP contribution in [0.15, 0.2) is 18.3 Å². The lowest BCUT2D eigenvalue weighted by Crippen LogP contribution is -2.63. The molecule has 0 saturated carbocycles. The van der Waals surface area contributed by atoms with Crippen LogP contribution < -0.4 is 10.6 Å². The van der Waals surface area contributed by atoms with Gasteiger partial charge in [-0.1, -0.05) is 20.8 Å². The summed E-state index contributed by atoms with van der Waals surface area (Å²) in [6, 6.07) is 3.61. The molecule has 118 valence electrons. The number of hydrogen-bond acceptors (Lipinski definition) is 4. The van der Waals surface area contributed by atoms with Gasteiger partial charge in [-0.15, -0.1) is 0 Å². The van der Waals surface area contributed by atoms with E-state index < -0.39 is 14.0 Å². The molecule has 4 nitrogen and oxygen atoms in total. The van der Waals surface area contributed by atoms with Crippen LogP contribution in [-0.4, -0.2) is 38.7 Å². The summed E-state index contributed by atoms with van der Waals surface area (Å²) in [5.74, 6) is 0.479. The Balaban J connectivity index is 1.89. The first-order valence-corrected chi connectivity index (χ1v) is 10.2. The number of alkyl halides is 1. The second kappa shape index (κ2) is 5.25. The molecule has 1 aliphatic rings. The molecule has 0 unspecified atom stereocenters. The minimum Gasteiger partial charge on any atom is -0.413 e. The van der Waals surface area contributed by atoms with E-state index in [9.17, 15) is 4.39 Å². The fourth-order valence-corrected chi connectivity index (χ4v) is 3.08. The predicted molar refractivity (Wildman–Crippen MR) is 87.9 cm³/mol. The Morgan fingerprint density at radius 2 is 2.00 bits per heavy atom. The molecule has 0 spiro atoms. The van der Waals surface area contributed by atoms with E-state index in [1.54, 1.807) is 12.3 Å². The van der Waals surface area contributed by atoms with Gasteiger partial charge in [0.05, 0.1) is 31.6 Å². The number of nitrogens with two attached hydrogens (primary N) is 1. The lowest BCUT2D eigenvalue weighted by molar-refractivity contribution is 0.0497.